The van der Waals surface area contributed by atoms with Crippen molar-refractivity contribution >= 4 is 41.5 Å². The molecule has 0 aliphatic carbocycles. The lowest BCUT2D eigenvalue weighted by Crippen LogP contribution is -2.36. The van der Waals surface area contributed by atoms with Crippen molar-refractivity contribution in [2.45, 2.75) is 33.9 Å². The molecule has 0 aliphatic heterocycles. The van der Waals surface area contributed by atoms with E-state index in [0.717, 1.165) is 34.9 Å². The van der Waals surface area contributed by atoms with Crippen molar-refractivity contribution in [3.63, 3.8) is 0 Å². The number of hydrogen-bond acceptors (Lipinski definition) is 4. The predicted molar refractivity (Wildman–Crippen MR) is 129 cm³/mol. The van der Waals surface area contributed by atoms with Gasteiger partial charge in [-0.3, -0.25) is 0 Å². The highest BCUT2D eigenvalue weighted by Gasteiger charge is 2.06. The van der Waals surface area contributed by atoms with Crippen LogP contribution in [0, 0.1) is 6.92 Å². The molecule has 0 amide bonds. The Kier molecular flexibility index (Phi) is 12.6. The highest BCUT2D eigenvalue weighted by molar-refractivity contribution is 14.0. The van der Waals surface area contributed by atoms with E-state index in [1.807, 2.05) is 26.0 Å². The van der Waals surface area contributed by atoms with Gasteiger partial charge in [0.25, 0.3) is 0 Å². The van der Waals surface area contributed by atoms with Crippen molar-refractivity contribution in [2.24, 2.45) is 4.99 Å². The van der Waals surface area contributed by atoms with Crippen LogP contribution in [0.3, 0.4) is 0 Å². The van der Waals surface area contributed by atoms with Gasteiger partial charge in [0.1, 0.15) is 17.5 Å². The summed E-state index contributed by atoms with van der Waals surface area (Å²) in [7, 11) is 0. The van der Waals surface area contributed by atoms with Gasteiger partial charge >= 0.3 is 0 Å². The van der Waals surface area contributed by atoms with Gasteiger partial charge in [-0.05, 0) is 44.0 Å². The number of nitrogens with zero attached hydrogens (tertiary/aromatic N) is 2. The molecule has 29 heavy (non-hydrogen) atoms. The molecule has 0 fully saturated rings. The maximum absolute atomic E-state index is 5.91. The van der Waals surface area contributed by atoms with Gasteiger partial charge in [0.15, 0.2) is 5.96 Å². The Bertz CT molecular complexity index is 757. The number of ether oxygens (including phenoxy) is 2. The predicted octanol–water partition coefficient (Wildman–Crippen LogP) is 4.33. The Morgan fingerprint density at radius 1 is 1.14 bits per heavy atom. The van der Waals surface area contributed by atoms with Gasteiger partial charge in [-0.2, -0.15) is 0 Å². The molecule has 0 saturated heterocycles. The smallest absolute Gasteiger partial charge is 0.191 e. The molecule has 0 aliphatic rings. The third kappa shape index (κ3) is 9.64. The molecule has 2 N–H and O–H groups in total. The molecule has 6 nitrogen and oxygen atoms in total. The normalized spacial score (nSPS) is 11.0. The summed E-state index contributed by atoms with van der Waals surface area (Å²) in [6.07, 6.45) is 1.74. The van der Waals surface area contributed by atoms with Gasteiger partial charge in [0.2, 0.25) is 0 Å². The van der Waals surface area contributed by atoms with Crippen LogP contribution < -0.4 is 15.4 Å². The second-order valence-electron chi connectivity index (χ2n) is 6.19. The average molecular weight is 533 g/mol. The average Bonchev–Trinajstić information content (AvgIpc) is 2.69. The zero-order chi connectivity index (χ0) is 20.2. The third-order valence-corrected chi connectivity index (χ3v) is 4.13. The summed E-state index contributed by atoms with van der Waals surface area (Å²) < 4.78 is 11.3. The Morgan fingerprint density at radius 2 is 1.97 bits per heavy atom. The first-order valence-corrected chi connectivity index (χ1v) is 9.92. The molecule has 0 spiro atoms. The second kappa shape index (κ2) is 14.4. The minimum Gasteiger partial charge on any atom is -0.491 e. The van der Waals surface area contributed by atoms with Crippen LogP contribution in [0.25, 0.3) is 0 Å². The second-order valence-corrected chi connectivity index (χ2v) is 6.58. The lowest BCUT2D eigenvalue weighted by Gasteiger charge is -2.15. The summed E-state index contributed by atoms with van der Waals surface area (Å²) >= 11 is 5.83. The Balaban J connectivity index is 0.00000420. The van der Waals surface area contributed by atoms with Crippen molar-refractivity contribution in [3.8, 4) is 5.75 Å². The Labute approximate surface area is 195 Å². The number of guanidine groups is 1. The summed E-state index contributed by atoms with van der Waals surface area (Å²) in [6.45, 7) is 9.77. The number of halogens is 2. The van der Waals surface area contributed by atoms with E-state index in [-0.39, 0.29) is 24.0 Å². The zero-order valence-electron chi connectivity index (χ0n) is 17.2. The van der Waals surface area contributed by atoms with E-state index in [1.54, 1.807) is 12.3 Å². The summed E-state index contributed by atoms with van der Waals surface area (Å²) in [5.41, 5.74) is 3.23. The number of benzene rings is 1. The molecule has 1 heterocycles. The number of aromatic nitrogens is 1. The summed E-state index contributed by atoms with van der Waals surface area (Å²) in [6, 6.07) is 9.89. The highest BCUT2D eigenvalue weighted by atomic mass is 127. The van der Waals surface area contributed by atoms with Gasteiger partial charge in [0, 0.05) is 31.5 Å². The van der Waals surface area contributed by atoms with Crippen LogP contribution in [0.2, 0.25) is 5.15 Å². The first kappa shape index (κ1) is 25.5. The fourth-order valence-corrected chi connectivity index (χ4v) is 2.60. The van der Waals surface area contributed by atoms with E-state index in [4.69, 9.17) is 21.1 Å². The van der Waals surface area contributed by atoms with Crippen molar-refractivity contribution in [2.75, 3.05) is 26.4 Å². The van der Waals surface area contributed by atoms with Crippen molar-refractivity contribution in [3.05, 3.63) is 58.4 Å². The number of nitrogens with one attached hydrogen (secondary N) is 2. The topological polar surface area (TPSA) is 67.8 Å². The van der Waals surface area contributed by atoms with Crippen LogP contribution in [0.1, 0.15) is 30.5 Å². The summed E-state index contributed by atoms with van der Waals surface area (Å²) in [5.74, 6) is 1.60. The molecule has 0 atom stereocenters. The number of pyridine rings is 1. The lowest BCUT2D eigenvalue weighted by atomic mass is 10.1. The van der Waals surface area contributed by atoms with Crippen molar-refractivity contribution < 1.29 is 9.47 Å². The standard InChI is InChI=1S/C21H29ClN4O2.HI/c1-4-23-21(25-14-17-7-9-20(22)24-13-17)26-15-18-8-6-16(3)12-19(18)28-11-10-27-5-2;/h6-9,12-13H,4-5,10-11,14-15H2,1-3H3,(H2,23,25,26);1H. The van der Waals surface area contributed by atoms with E-state index in [2.05, 4.69) is 39.7 Å². The van der Waals surface area contributed by atoms with Crippen molar-refractivity contribution in [1.29, 1.82) is 0 Å². The third-order valence-electron chi connectivity index (χ3n) is 3.91. The van der Waals surface area contributed by atoms with Crippen molar-refractivity contribution in [1.82, 2.24) is 15.6 Å². The van der Waals surface area contributed by atoms with E-state index in [0.29, 0.717) is 38.1 Å². The fraction of sp³-hybridized carbons (Fsp3) is 0.429. The van der Waals surface area contributed by atoms with E-state index in [1.165, 1.54) is 0 Å². The molecule has 0 unspecified atom stereocenters. The molecule has 0 radical (unpaired) electrons. The Morgan fingerprint density at radius 3 is 2.66 bits per heavy atom. The van der Waals surface area contributed by atoms with Crippen LogP contribution >= 0.6 is 35.6 Å². The molecule has 8 heteroatoms. The molecule has 1 aromatic carbocycles. The number of aliphatic imine (C=N–C) groups is 1. The quantitative estimate of drug-likeness (QED) is 0.157. The molecule has 2 rings (SSSR count). The maximum atomic E-state index is 5.91. The minimum absolute atomic E-state index is 0. The molecular formula is C21H30ClIN4O2. The monoisotopic (exact) mass is 532 g/mol. The Hall–Kier alpha value is -1.58. The number of aryl methyl sites for hydroxylation is 1. The SMILES string of the molecule is CCNC(=NCc1ccc(Cl)nc1)NCc1ccc(C)cc1OCCOCC.I. The van der Waals surface area contributed by atoms with Gasteiger partial charge in [0.05, 0.1) is 13.2 Å². The zero-order valence-corrected chi connectivity index (χ0v) is 20.3. The lowest BCUT2D eigenvalue weighted by molar-refractivity contribution is 0.110. The first-order chi connectivity index (χ1) is 13.6. The minimum atomic E-state index is 0. The summed E-state index contributed by atoms with van der Waals surface area (Å²) in [4.78, 5) is 8.70. The summed E-state index contributed by atoms with van der Waals surface area (Å²) in [5, 5.41) is 7.10. The molecule has 0 bridgehead atoms. The van der Waals surface area contributed by atoms with Crippen LogP contribution in [0.5, 0.6) is 5.75 Å². The number of hydrogen-bond donors (Lipinski definition) is 2. The van der Waals surface area contributed by atoms with E-state index >= 15 is 0 Å². The van der Waals surface area contributed by atoms with Gasteiger partial charge in [-0.25, -0.2) is 9.98 Å². The van der Waals surface area contributed by atoms with Gasteiger partial charge < -0.3 is 20.1 Å². The largest absolute Gasteiger partial charge is 0.491 e. The molecule has 160 valence electrons. The van der Waals surface area contributed by atoms with Crippen LogP contribution in [-0.4, -0.2) is 37.3 Å². The maximum Gasteiger partial charge on any atom is 0.191 e. The van der Waals surface area contributed by atoms with Gasteiger partial charge in [-0.15, -0.1) is 24.0 Å². The first-order valence-electron chi connectivity index (χ1n) is 9.55. The molecule has 1 aromatic heterocycles. The molecule has 0 saturated carbocycles. The van der Waals surface area contributed by atoms with E-state index < -0.39 is 0 Å². The molecule has 2 aromatic rings. The van der Waals surface area contributed by atoms with Crippen LogP contribution in [0.4, 0.5) is 0 Å². The molecular weight excluding hydrogens is 503 g/mol. The number of rotatable bonds is 10. The van der Waals surface area contributed by atoms with Crippen LogP contribution in [-0.2, 0) is 17.8 Å². The van der Waals surface area contributed by atoms with Crippen LogP contribution in [0.15, 0.2) is 41.5 Å². The highest BCUT2D eigenvalue weighted by Crippen LogP contribution is 2.20. The van der Waals surface area contributed by atoms with Gasteiger partial charge in [-0.1, -0.05) is 29.8 Å². The fourth-order valence-electron chi connectivity index (χ4n) is 2.49. The van der Waals surface area contributed by atoms with E-state index in [9.17, 15) is 0 Å².